The fourth-order valence-corrected chi connectivity index (χ4v) is 3.30. The molecule has 9 heteroatoms. The van der Waals surface area contributed by atoms with Crippen LogP contribution in [0.1, 0.15) is 23.1 Å². The number of benzene rings is 2. The third-order valence-electron chi connectivity index (χ3n) is 5.01. The summed E-state index contributed by atoms with van der Waals surface area (Å²) in [6.07, 6.45) is 2.34. The molecule has 0 atom stereocenters. The van der Waals surface area contributed by atoms with Crippen molar-refractivity contribution in [2.45, 2.75) is 26.4 Å². The van der Waals surface area contributed by atoms with E-state index in [9.17, 15) is 9.59 Å². The molecule has 2 heterocycles. The van der Waals surface area contributed by atoms with E-state index in [4.69, 9.17) is 9.47 Å². The Morgan fingerprint density at radius 1 is 1.15 bits per heavy atom. The van der Waals surface area contributed by atoms with Gasteiger partial charge in [-0.3, -0.25) is 4.79 Å². The molecule has 0 saturated carbocycles. The lowest BCUT2D eigenvalue weighted by molar-refractivity contribution is -0.116. The standard InChI is InChI=1S/C24H25N5O4/c1-16-14-26-23(27-19-8-9-20-18(13-19)7-10-21(30)28-20)29-22(16)32-12-11-25-24(31)33-15-17-5-3-2-4-6-17/h2-6,8-9,13-14H,7,10-12,15H2,1H3,(H,25,31)(H,28,30)(H,26,27,29). The van der Waals surface area contributed by atoms with Crippen LogP contribution in [0.4, 0.5) is 22.1 Å². The summed E-state index contributed by atoms with van der Waals surface area (Å²) in [4.78, 5) is 32.1. The molecule has 4 rings (SSSR count). The Bertz CT molecular complexity index is 1140. The van der Waals surface area contributed by atoms with E-state index < -0.39 is 6.09 Å². The number of nitrogens with zero attached hydrogens (tertiary/aromatic N) is 2. The van der Waals surface area contributed by atoms with Gasteiger partial charge in [-0.05, 0) is 42.7 Å². The molecular formula is C24H25N5O4. The predicted octanol–water partition coefficient (Wildman–Crippen LogP) is 3.72. The van der Waals surface area contributed by atoms with Crippen LogP contribution in [0.3, 0.4) is 0 Å². The first kappa shape index (κ1) is 22.1. The van der Waals surface area contributed by atoms with Crippen LogP contribution >= 0.6 is 0 Å². The van der Waals surface area contributed by atoms with Crippen LogP contribution in [-0.4, -0.2) is 35.1 Å². The molecule has 1 aliphatic heterocycles. The van der Waals surface area contributed by atoms with Gasteiger partial charge in [0.2, 0.25) is 17.7 Å². The van der Waals surface area contributed by atoms with Gasteiger partial charge in [0, 0.05) is 29.6 Å². The molecule has 0 fully saturated rings. The molecular weight excluding hydrogens is 422 g/mol. The SMILES string of the molecule is Cc1cnc(Nc2ccc3c(c2)CCC(=O)N3)nc1OCCNC(=O)OCc1ccccc1. The van der Waals surface area contributed by atoms with E-state index in [1.165, 1.54) is 0 Å². The number of nitrogens with one attached hydrogen (secondary N) is 3. The fourth-order valence-electron chi connectivity index (χ4n) is 3.30. The van der Waals surface area contributed by atoms with Crippen molar-refractivity contribution in [2.75, 3.05) is 23.8 Å². The minimum Gasteiger partial charge on any atom is -0.475 e. The molecule has 0 spiro atoms. The third-order valence-corrected chi connectivity index (χ3v) is 5.01. The molecule has 170 valence electrons. The maximum absolute atomic E-state index is 11.8. The number of amides is 2. The predicted molar refractivity (Wildman–Crippen MR) is 124 cm³/mol. The number of aryl methyl sites for hydroxylation is 2. The summed E-state index contributed by atoms with van der Waals surface area (Å²) in [7, 11) is 0. The molecule has 1 aliphatic rings. The Morgan fingerprint density at radius 3 is 2.85 bits per heavy atom. The first-order valence-electron chi connectivity index (χ1n) is 10.7. The van der Waals surface area contributed by atoms with Gasteiger partial charge < -0.3 is 25.4 Å². The first-order chi connectivity index (χ1) is 16.1. The maximum Gasteiger partial charge on any atom is 0.407 e. The van der Waals surface area contributed by atoms with E-state index in [2.05, 4.69) is 25.9 Å². The summed E-state index contributed by atoms with van der Waals surface area (Å²) in [6, 6.07) is 15.2. The van der Waals surface area contributed by atoms with E-state index >= 15 is 0 Å². The summed E-state index contributed by atoms with van der Waals surface area (Å²) in [5.74, 6) is 0.855. The highest BCUT2D eigenvalue weighted by Gasteiger charge is 2.15. The monoisotopic (exact) mass is 447 g/mol. The number of carbonyl (C=O) groups is 2. The summed E-state index contributed by atoms with van der Waals surface area (Å²) in [5.41, 5.74) is 4.42. The molecule has 0 saturated heterocycles. The van der Waals surface area contributed by atoms with Crippen LogP contribution in [-0.2, 0) is 22.6 Å². The number of aromatic nitrogens is 2. The molecule has 0 aliphatic carbocycles. The lowest BCUT2D eigenvalue weighted by Gasteiger charge is -2.18. The molecule has 3 aromatic rings. The van der Waals surface area contributed by atoms with Crippen molar-refractivity contribution in [3.05, 3.63) is 71.4 Å². The minimum absolute atomic E-state index is 0.0332. The highest BCUT2D eigenvalue weighted by Crippen LogP contribution is 2.27. The zero-order valence-electron chi connectivity index (χ0n) is 18.3. The highest BCUT2D eigenvalue weighted by atomic mass is 16.5. The van der Waals surface area contributed by atoms with Gasteiger partial charge in [0.25, 0.3) is 0 Å². The third kappa shape index (κ3) is 6.19. The Morgan fingerprint density at radius 2 is 2.00 bits per heavy atom. The summed E-state index contributed by atoms with van der Waals surface area (Å²) in [5, 5.41) is 8.69. The van der Waals surface area contributed by atoms with Crippen molar-refractivity contribution in [3.8, 4) is 5.88 Å². The normalized spacial score (nSPS) is 12.3. The van der Waals surface area contributed by atoms with Crippen molar-refractivity contribution in [2.24, 2.45) is 0 Å². The van der Waals surface area contributed by atoms with Gasteiger partial charge in [0.15, 0.2) is 0 Å². The summed E-state index contributed by atoms with van der Waals surface area (Å²) >= 11 is 0. The second-order valence-electron chi connectivity index (χ2n) is 7.56. The molecule has 0 bridgehead atoms. The number of anilines is 3. The highest BCUT2D eigenvalue weighted by molar-refractivity contribution is 5.94. The zero-order chi connectivity index (χ0) is 23.0. The van der Waals surface area contributed by atoms with Crippen molar-refractivity contribution in [3.63, 3.8) is 0 Å². The Hall–Kier alpha value is -4.14. The van der Waals surface area contributed by atoms with Crippen molar-refractivity contribution < 1.29 is 19.1 Å². The van der Waals surface area contributed by atoms with Gasteiger partial charge >= 0.3 is 6.09 Å². The second-order valence-corrected chi connectivity index (χ2v) is 7.56. The van der Waals surface area contributed by atoms with Gasteiger partial charge in [-0.15, -0.1) is 0 Å². The van der Waals surface area contributed by atoms with Crippen molar-refractivity contribution >= 4 is 29.3 Å². The zero-order valence-corrected chi connectivity index (χ0v) is 18.3. The Kier molecular flexibility index (Phi) is 6.99. The van der Waals surface area contributed by atoms with Crippen LogP contribution in [0.2, 0.25) is 0 Å². The van der Waals surface area contributed by atoms with Gasteiger partial charge in [0.05, 0.1) is 6.54 Å². The molecule has 2 amide bonds. The Balaban J connectivity index is 1.26. The van der Waals surface area contributed by atoms with Crippen LogP contribution in [0.5, 0.6) is 5.88 Å². The van der Waals surface area contributed by atoms with Crippen LogP contribution < -0.4 is 20.7 Å². The second kappa shape index (κ2) is 10.4. The number of ether oxygens (including phenoxy) is 2. The molecule has 1 aromatic heterocycles. The number of fused-ring (bicyclic) bond motifs is 1. The average Bonchev–Trinajstić information content (AvgIpc) is 2.83. The molecule has 0 unspecified atom stereocenters. The number of hydrogen-bond donors (Lipinski definition) is 3. The number of alkyl carbamates (subject to hydrolysis) is 1. The lowest BCUT2D eigenvalue weighted by Crippen LogP contribution is -2.28. The largest absolute Gasteiger partial charge is 0.475 e. The number of carbonyl (C=O) groups excluding carboxylic acids is 2. The molecule has 3 N–H and O–H groups in total. The number of rotatable bonds is 8. The van der Waals surface area contributed by atoms with Gasteiger partial charge in [-0.25, -0.2) is 9.78 Å². The first-order valence-corrected chi connectivity index (χ1v) is 10.7. The molecule has 9 nitrogen and oxygen atoms in total. The number of hydrogen-bond acceptors (Lipinski definition) is 7. The van der Waals surface area contributed by atoms with E-state index in [-0.39, 0.29) is 25.7 Å². The summed E-state index contributed by atoms with van der Waals surface area (Å²) in [6.45, 7) is 2.57. The van der Waals surface area contributed by atoms with Gasteiger partial charge in [-0.2, -0.15) is 4.98 Å². The lowest BCUT2D eigenvalue weighted by atomic mass is 10.0. The van der Waals surface area contributed by atoms with E-state index in [0.29, 0.717) is 24.7 Å². The maximum atomic E-state index is 11.8. The quantitative estimate of drug-likeness (QED) is 0.451. The van der Waals surface area contributed by atoms with Crippen molar-refractivity contribution in [1.82, 2.24) is 15.3 Å². The van der Waals surface area contributed by atoms with E-state index in [0.717, 1.165) is 28.1 Å². The van der Waals surface area contributed by atoms with E-state index in [1.54, 1.807) is 6.20 Å². The average molecular weight is 447 g/mol. The molecule has 0 radical (unpaired) electrons. The molecule has 33 heavy (non-hydrogen) atoms. The van der Waals surface area contributed by atoms with Gasteiger partial charge in [0.1, 0.15) is 13.2 Å². The minimum atomic E-state index is -0.507. The Labute approximate surface area is 191 Å². The van der Waals surface area contributed by atoms with Gasteiger partial charge in [-0.1, -0.05) is 30.3 Å². The van der Waals surface area contributed by atoms with Crippen LogP contribution in [0, 0.1) is 6.92 Å². The smallest absolute Gasteiger partial charge is 0.407 e. The van der Waals surface area contributed by atoms with E-state index in [1.807, 2.05) is 55.5 Å². The van der Waals surface area contributed by atoms with Crippen LogP contribution in [0.15, 0.2) is 54.7 Å². The summed E-state index contributed by atoms with van der Waals surface area (Å²) < 4.78 is 10.9. The van der Waals surface area contributed by atoms with Crippen LogP contribution in [0.25, 0.3) is 0 Å². The topological polar surface area (TPSA) is 114 Å². The fraction of sp³-hybridized carbons (Fsp3) is 0.250. The molecule has 2 aromatic carbocycles. The van der Waals surface area contributed by atoms with Crippen molar-refractivity contribution in [1.29, 1.82) is 0 Å².